The predicted octanol–water partition coefficient (Wildman–Crippen LogP) is 4.45. The third-order valence-electron chi connectivity index (χ3n) is 3.73. The van der Waals surface area contributed by atoms with Crippen LogP contribution in [0.2, 0.25) is 0 Å². The standard InChI is InChI=1S/C19H14O3/c20-17-9-15(13-4-2-1-3-5-13)8-16(10-17)14-6-7-18-19(11-14)22-12-21-18/h1-11,20H,12H2. The van der Waals surface area contributed by atoms with Gasteiger partial charge >= 0.3 is 0 Å². The Morgan fingerprint density at radius 3 is 2.18 bits per heavy atom. The second-order valence-corrected chi connectivity index (χ2v) is 5.20. The van der Waals surface area contributed by atoms with Crippen molar-refractivity contribution in [3.63, 3.8) is 0 Å². The number of aromatic hydroxyl groups is 1. The highest BCUT2D eigenvalue weighted by atomic mass is 16.7. The van der Waals surface area contributed by atoms with E-state index >= 15 is 0 Å². The summed E-state index contributed by atoms with van der Waals surface area (Å²) in [6.07, 6.45) is 0. The number of fused-ring (bicyclic) bond motifs is 1. The average Bonchev–Trinajstić information content (AvgIpc) is 3.02. The van der Waals surface area contributed by atoms with Crippen molar-refractivity contribution in [2.75, 3.05) is 6.79 Å². The molecule has 0 unspecified atom stereocenters. The molecule has 3 nitrogen and oxygen atoms in total. The first-order valence-corrected chi connectivity index (χ1v) is 7.09. The summed E-state index contributed by atoms with van der Waals surface area (Å²) >= 11 is 0. The highest BCUT2D eigenvalue weighted by Crippen LogP contribution is 2.38. The van der Waals surface area contributed by atoms with Crippen LogP contribution in [-0.2, 0) is 0 Å². The highest BCUT2D eigenvalue weighted by molar-refractivity contribution is 5.76. The quantitative estimate of drug-likeness (QED) is 0.757. The van der Waals surface area contributed by atoms with Gasteiger partial charge in [-0.1, -0.05) is 36.4 Å². The Balaban J connectivity index is 1.81. The zero-order valence-electron chi connectivity index (χ0n) is 11.8. The maximum absolute atomic E-state index is 10.1. The lowest BCUT2D eigenvalue weighted by molar-refractivity contribution is 0.174. The number of phenols is 1. The maximum Gasteiger partial charge on any atom is 0.231 e. The number of hydrogen-bond acceptors (Lipinski definition) is 3. The minimum absolute atomic E-state index is 0.244. The van der Waals surface area contributed by atoms with Crippen molar-refractivity contribution >= 4 is 0 Å². The van der Waals surface area contributed by atoms with Crippen molar-refractivity contribution in [1.82, 2.24) is 0 Å². The molecule has 0 amide bonds. The first kappa shape index (κ1) is 12.8. The van der Waals surface area contributed by atoms with E-state index < -0.39 is 0 Å². The molecule has 0 saturated heterocycles. The highest BCUT2D eigenvalue weighted by Gasteiger charge is 2.14. The van der Waals surface area contributed by atoms with Gasteiger partial charge in [0.25, 0.3) is 0 Å². The second kappa shape index (κ2) is 5.11. The summed E-state index contributed by atoms with van der Waals surface area (Å²) in [5.74, 6) is 1.74. The molecule has 0 atom stereocenters. The number of rotatable bonds is 2. The van der Waals surface area contributed by atoms with Crippen LogP contribution in [0.4, 0.5) is 0 Å². The van der Waals surface area contributed by atoms with Crippen LogP contribution in [0.15, 0.2) is 66.7 Å². The van der Waals surface area contributed by atoms with Gasteiger partial charge in [-0.05, 0) is 52.6 Å². The molecule has 22 heavy (non-hydrogen) atoms. The Bertz CT molecular complexity index is 825. The molecule has 1 aliphatic heterocycles. The summed E-state index contributed by atoms with van der Waals surface area (Å²) in [6.45, 7) is 0.258. The first-order valence-electron chi connectivity index (χ1n) is 7.09. The Morgan fingerprint density at radius 2 is 1.36 bits per heavy atom. The fourth-order valence-corrected chi connectivity index (χ4v) is 2.65. The Labute approximate surface area is 128 Å². The van der Waals surface area contributed by atoms with E-state index in [1.54, 1.807) is 12.1 Å². The molecule has 3 aromatic rings. The van der Waals surface area contributed by atoms with E-state index in [1.807, 2.05) is 48.5 Å². The van der Waals surface area contributed by atoms with Gasteiger partial charge in [-0.3, -0.25) is 0 Å². The zero-order chi connectivity index (χ0) is 14.9. The number of ether oxygens (including phenoxy) is 2. The van der Waals surface area contributed by atoms with Crippen molar-refractivity contribution in [2.45, 2.75) is 0 Å². The first-order chi connectivity index (χ1) is 10.8. The molecular weight excluding hydrogens is 276 g/mol. The molecule has 0 saturated carbocycles. The van der Waals surface area contributed by atoms with Gasteiger partial charge in [-0.2, -0.15) is 0 Å². The summed E-state index contributed by atoms with van der Waals surface area (Å²) < 4.78 is 10.8. The van der Waals surface area contributed by atoms with Crippen LogP contribution in [0, 0.1) is 0 Å². The van der Waals surface area contributed by atoms with Gasteiger partial charge in [-0.15, -0.1) is 0 Å². The molecule has 1 aliphatic rings. The van der Waals surface area contributed by atoms with Gasteiger partial charge in [-0.25, -0.2) is 0 Å². The lowest BCUT2D eigenvalue weighted by Crippen LogP contribution is -1.92. The SMILES string of the molecule is Oc1cc(-c2ccccc2)cc(-c2ccc3c(c2)OCO3)c1. The van der Waals surface area contributed by atoms with Crippen LogP contribution >= 0.6 is 0 Å². The topological polar surface area (TPSA) is 38.7 Å². The minimum Gasteiger partial charge on any atom is -0.508 e. The lowest BCUT2D eigenvalue weighted by atomic mass is 9.98. The maximum atomic E-state index is 10.1. The average molecular weight is 290 g/mol. The van der Waals surface area contributed by atoms with Crippen molar-refractivity contribution in [3.8, 4) is 39.5 Å². The number of hydrogen-bond donors (Lipinski definition) is 1. The predicted molar refractivity (Wildman–Crippen MR) is 85.1 cm³/mol. The third kappa shape index (κ3) is 2.27. The molecule has 3 aromatic carbocycles. The Hall–Kier alpha value is -2.94. The molecule has 0 fully saturated rings. The molecule has 1 N–H and O–H groups in total. The van der Waals surface area contributed by atoms with E-state index in [0.717, 1.165) is 33.8 Å². The summed E-state index contributed by atoms with van der Waals surface area (Å²) in [6, 6.07) is 21.4. The molecule has 3 heteroatoms. The summed E-state index contributed by atoms with van der Waals surface area (Å²) in [5, 5.41) is 10.1. The Kier molecular flexibility index (Phi) is 2.97. The summed E-state index contributed by atoms with van der Waals surface area (Å²) in [5.41, 5.74) is 3.98. The van der Waals surface area contributed by atoms with E-state index in [1.165, 1.54) is 0 Å². The van der Waals surface area contributed by atoms with Crippen molar-refractivity contribution < 1.29 is 14.6 Å². The summed E-state index contributed by atoms with van der Waals surface area (Å²) in [7, 11) is 0. The van der Waals surface area contributed by atoms with Gasteiger partial charge in [0.05, 0.1) is 0 Å². The molecule has 0 spiro atoms. The molecule has 108 valence electrons. The molecular formula is C19H14O3. The van der Waals surface area contributed by atoms with Gasteiger partial charge in [0.15, 0.2) is 11.5 Å². The Morgan fingerprint density at radius 1 is 0.636 bits per heavy atom. The van der Waals surface area contributed by atoms with Gasteiger partial charge < -0.3 is 14.6 Å². The van der Waals surface area contributed by atoms with E-state index in [0.29, 0.717) is 0 Å². The van der Waals surface area contributed by atoms with E-state index in [2.05, 4.69) is 6.07 Å². The smallest absolute Gasteiger partial charge is 0.231 e. The minimum atomic E-state index is 0.244. The molecule has 0 radical (unpaired) electrons. The van der Waals surface area contributed by atoms with E-state index in [4.69, 9.17) is 9.47 Å². The van der Waals surface area contributed by atoms with Crippen LogP contribution < -0.4 is 9.47 Å². The van der Waals surface area contributed by atoms with Crippen molar-refractivity contribution in [1.29, 1.82) is 0 Å². The lowest BCUT2D eigenvalue weighted by Gasteiger charge is -2.08. The summed E-state index contributed by atoms with van der Waals surface area (Å²) in [4.78, 5) is 0. The molecule has 1 heterocycles. The largest absolute Gasteiger partial charge is 0.508 e. The second-order valence-electron chi connectivity index (χ2n) is 5.20. The molecule has 0 aromatic heterocycles. The van der Waals surface area contributed by atoms with Gasteiger partial charge in [0.1, 0.15) is 5.75 Å². The van der Waals surface area contributed by atoms with Gasteiger partial charge in [0, 0.05) is 0 Å². The van der Waals surface area contributed by atoms with Crippen molar-refractivity contribution in [3.05, 3.63) is 66.7 Å². The van der Waals surface area contributed by atoms with Gasteiger partial charge in [0.2, 0.25) is 6.79 Å². The zero-order valence-corrected chi connectivity index (χ0v) is 11.8. The van der Waals surface area contributed by atoms with Crippen molar-refractivity contribution in [2.24, 2.45) is 0 Å². The van der Waals surface area contributed by atoms with Crippen LogP contribution in [0.5, 0.6) is 17.2 Å². The van der Waals surface area contributed by atoms with Crippen LogP contribution in [0.3, 0.4) is 0 Å². The van der Waals surface area contributed by atoms with Crippen LogP contribution in [-0.4, -0.2) is 11.9 Å². The van der Waals surface area contributed by atoms with Crippen LogP contribution in [0.1, 0.15) is 0 Å². The number of benzene rings is 3. The van der Waals surface area contributed by atoms with E-state index in [-0.39, 0.29) is 12.5 Å². The number of phenolic OH excluding ortho intramolecular Hbond substituents is 1. The third-order valence-corrected chi connectivity index (χ3v) is 3.73. The molecule has 0 aliphatic carbocycles. The molecule has 0 bridgehead atoms. The fourth-order valence-electron chi connectivity index (χ4n) is 2.65. The monoisotopic (exact) mass is 290 g/mol. The molecule has 4 rings (SSSR count). The fraction of sp³-hybridized carbons (Fsp3) is 0.0526. The van der Waals surface area contributed by atoms with E-state index in [9.17, 15) is 5.11 Å². The normalized spacial score (nSPS) is 12.4. The van der Waals surface area contributed by atoms with Crippen LogP contribution in [0.25, 0.3) is 22.3 Å².